The third kappa shape index (κ3) is 3.48. The van der Waals surface area contributed by atoms with Crippen molar-refractivity contribution in [1.82, 2.24) is 10.2 Å². The van der Waals surface area contributed by atoms with Gasteiger partial charge in [0.15, 0.2) is 0 Å². The zero-order chi connectivity index (χ0) is 13.8. The van der Waals surface area contributed by atoms with Gasteiger partial charge in [0.05, 0.1) is 32.4 Å². The summed E-state index contributed by atoms with van der Waals surface area (Å²) in [5.74, 6) is 0.911. The van der Waals surface area contributed by atoms with E-state index in [4.69, 9.17) is 9.47 Å². The van der Waals surface area contributed by atoms with E-state index in [2.05, 4.69) is 46.3 Å². The average Bonchev–Trinajstić information content (AvgIpc) is 2.40. The molecule has 5 heteroatoms. The van der Waals surface area contributed by atoms with E-state index in [9.17, 15) is 0 Å². The topological polar surface area (TPSA) is 33.7 Å². The number of rotatable bonds is 4. The van der Waals surface area contributed by atoms with Crippen LogP contribution in [0, 0.1) is 0 Å². The summed E-state index contributed by atoms with van der Waals surface area (Å²) < 4.78 is 12.2. The van der Waals surface area contributed by atoms with Crippen LogP contribution < -0.4 is 10.1 Å². The van der Waals surface area contributed by atoms with Crippen molar-refractivity contribution in [3.05, 3.63) is 28.2 Å². The minimum Gasteiger partial charge on any atom is -0.496 e. The molecule has 2 unspecified atom stereocenters. The highest BCUT2D eigenvalue weighted by Crippen LogP contribution is 2.33. The number of hydrogen-bond acceptors (Lipinski definition) is 4. The number of benzene rings is 1. The highest BCUT2D eigenvalue weighted by Gasteiger charge is 2.29. The highest BCUT2D eigenvalue weighted by molar-refractivity contribution is 9.10. The van der Waals surface area contributed by atoms with Gasteiger partial charge in [-0.05, 0) is 32.3 Å². The van der Waals surface area contributed by atoms with Gasteiger partial charge in [0.2, 0.25) is 0 Å². The second-order valence-electron chi connectivity index (χ2n) is 4.93. The van der Waals surface area contributed by atoms with E-state index in [1.165, 1.54) is 5.56 Å². The number of nitrogens with zero attached hydrogens (tertiary/aromatic N) is 1. The van der Waals surface area contributed by atoms with Gasteiger partial charge in [-0.15, -0.1) is 0 Å². The predicted molar refractivity (Wildman–Crippen MR) is 79.7 cm³/mol. The van der Waals surface area contributed by atoms with Crippen LogP contribution in [0.15, 0.2) is 22.7 Å². The fourth-order valence-corrected chi connectivity index (χ4v) is 2.96. The molecule has 106 valence electrons. The zero-order valence-electron chi connectivity index (χ0n) is 11.6. The van der Waals surface area contributed by atoms with Crippen molar-refractivity contribution in [1.29, 1.82) is 0 Å². The Hall–Kier alpha value is -0.620. The molecule has 0 spiro atoms. The molecule has 1 aliphatic heterocycles. The first-order valence-corrected chi connectivity index (χ1v) is 7.23. The third-order valence-electron chi connectivity index (χ3n) is 3.40. The van der Waals surface area contributed by atoms with E-state index >= 15 is 0 Å². The number of ether oxygens (including phenoxy) is 2. The lowest BCUT2D eigenvalue weighted by Gasteiger charge is -2.36. The molecule has 0 saturated carbocycles. The van der Waals surface area contributed by atoms with Crippen molar-refractivity contribution in [3.63, 3.8) is 0 Å². The van der Waals surface area contributed by atoms with Crippen molar-refractivity contribution < 1.29 is 9.47 Å². The Kier molecular flexibility index (Phi) is 5.21. The Morgan fingerprint density at radius 2 is 2.26 bits per heavy atom. The van der Waals surface area contributed by atoms with Crippen molar-refractivity contribution in [2.45, 2.75) is 12.1 Å². The van der Waals surface area contributed by atoms with Gasteiger partial charge in [0.25, 0.3) is 0 Å². The van der Waals surface area contributed by atoms with Crippen molar-refractivity contribution in [2.24, 2.45) is 0 Å². The quantitative estimate of drug-likeness (QED) is 0.917. The molecular weight excluding hydrogens is 308 g/mol. The maximum absolute atomic E-state index is 5.60. The van der Waals surface area contributed by atoms with Crippen LogP contribution in [-0.2, 0) is 4.74 Å². The molecule has 1 aliphatic rings. The number of hydrogen-bond donors (Lipinski definition) is 1. The van der Waals surface area contributed by atoms with Crippen molar-refractivity contribution in [3.8, 4) is 5.75 Å². The molecule has 1 aromatic rings. The fraction of sp³-hybridized carbons (Fsp3) is 0.571. The molecule has 0 bridgehead atoms. The molecular formula is C14H21BrN2O2. The molecule has 2 rings (SSSR count). The monoisotopic (exact) mass is 328 g/mol. The van der Waals surface area contributed by atoms with E-state index < -0.39 is 0 Å². The molecule has 2 atom stereocenters. The van der Waals surface area contributed by atoms with Crippen LogP contribution in [0.1, 0.15) is 11.6 Å². The molecule has 19 heavy (non-hydrogen) atoms. The summed E-state index contributed by atoms with van der Waals surface area (Å²) in [6.45, 7) is 2.40. The Labute approximate surface area is 123 Å². The van der Waals surface area contributed by atoms with Crippen LogP contribution in [0.4, 0.5) is 0 Å². The van der Waals surface area contributed by atoms with Gasteiger partial charge in [-0.1, -0.05) is 15.9 Å². The van der Waals surface area contributed by atoms with Crippen LogP contribution >= 0.6 is 15.9 Å². The maximum Gasteiger partial charge on any atom is 0.123 e. The Balaban J connectivity index is 2.34. The van der Waals surface area contributed by atoms with Gasteiger partial charge in [-0.2, -0.15) is 0 Å². The van der Waals surface area contributed by atoms with Crippen LogP contribution in [0.5, 0.6) is 5.75 Å². The fourth-order valence-electron chi connectivity index (χ4n) is 2.58. The molecule has 1 N–H and O–H groups in total. The molecule has 1 saturated heterocycles. The van der Waals surface area contributed by atoms with Gasteiger partial charge in [-0.25, -0.2) is 0 Å². The number of methoxy groups -OCH3 is 1. The van der Waals surface area contributed by atoms with Crippen LogP contribution in [0.25, 0.3) is 0 Å². The Morgan fingerprint density at radius 3 is 2.84 bits per heavy atom. The van der Waals surface area contributed by atoms with E-state index in [0.717, 1.165) is 30.0 Å². The molecule has 0 radical (unpaired) electrons. The largest absolute Gasteiger partial charge is 0.496 e. The minimum atomic E-state index is 0.216. The van der Waals surface area contributed by atoms with Crippen LogP contribution in [-0.4, -0.2) is 51.9 Å². The third-order valence-corrected chi connectivity index (χ3v) is 3.89. The smallest absolute Gasteiger partial charge is 0.123 e. The molecule has 1 heterocycles. The predicted octanol–water partition coefficient (Wildman–Crippen LogP) is 2.05. The van der Waals surface area contributed by atoms with E-state index in [1.807, 2.05) is 12.1 Å². The molecule has 0 aromatic heterocycles. The lowest BCUT2D eigenvalue weighted by molar-refractivity contribution is 0.0454. The van der Waals surface area contributed by atoms with Crippen molar-refractivity contribution >= 4 is 15.9 Å². The van der Waals surface area contributed by atoms with Gasteiger partial charge >= 0.3 is 0 Å². The van der Waals surface area contributed by atoms with Crippen LogP contribution in [0.2, 0.25) is 0 Å². The average molecular weight is 329 g/mol. The number of halogens is 1. The number of morpholine rings is 1. The SMILES string of the molecule is COc1ccc(Br)cc1C(C1COCCN1)N(C)C. The normalized spacial score (nSPS) is 21.4. The number of nitrogens with one attached hydrogen (secondary N) is 1. The minimum absolute atomic E-state index is 0.216. The van der Waals surface area contributed by atoms with Gasteiger partial charge in [0, 0.05) is 16.6 Å². The first kappa shape index (κ1) is 14.8. The van der Waals surface area contributed by atoms with E-state index in [-0.39, 0.29) is 12.1 Å². The molecule has 0 aliphatic carbocycles. The summed E-state index contributed by atoms with van der Waals surface area (Å²) >= 11 is 3.54. The van der Waals surface area contributed by atoms with E-state index in [0.29, 0.717) is 0 Å². The summed E-state index contributed by atoms with van der Waals surface area (Å²) in [6, 6.07) is 6.61. The first-order chi connectivity index (χ1) is 9.13. The lowest BCUT2D eigenvalue weighted by Crippen LogP contribution is -2.49. The first-order valence-electron chi connectivity index (χ1n) is 6.44. The Bertz CT molecular complexity index is 420. The summed E-state index contributed by atoms with van der Waals surface area (Å²) in [4.78, 5) is 2.20. The second kappa shape index (κ2) is 6.70. The van der Waals surface area contributed by atoms with Gasteiger partial charge < -0.3 is 19.7 Å². The summed E-state index contributed by atoms with van der Waals surface area (Å²) in [6.07, 6.45) is 0. The number of likely N-dealkylation sites (N-methyl/N-ethyl adjacent to an activating group) is 1. The van der Waals surface area contributed by atoms with Crippen molar-refractivity contribution in [2.75, 3.05) is 41.0 Å². The summed E-state index contributed by atoms with van der Waals surface area (Å²) in [5.41, 5.74) is 1.17. The van der Waals surface area contributed by atoms with Crippen LogP contribution in [0.3, 0.4) is 0 Å². The standard InChI is InChI=1S/C14H21BrN2O2/c1-17(2)14(12-9-19-7-6-16-12)11-8-10(15)4-5-13(11)18-3/h4-5,8,12,14,16H,6-7,9H2,1-3H3. The molecule has 1 fully saturated rings. The summed E-state index contributed by atoms with van der Waals surface area (Å²) in [7, 11) is 5.88. The maximum atomic E-state index is 5.60. The van der Waals surface area contributed by atoms with Gasteiger partial charge in [0.1, 0.15) is 5.75 Å². The lowest BCUT2D eigenvalue weighted by atomic mass is 9.97. The highest BCUT2D eigenvalue weighted by atomic mass is 79.9. The molecule has 4 nitrogen and oxygen atoms in total. The zero-order valence-corrected chi connectivity index (χ0v) is 13.2. The Morgan fingerprint density at radius 1 is 1.47 bits per heavy atom. The molecule has 0 amide bonds. The summed E-state index contributed by atoms with van der Waals surface area (Å²) in [5, 5.41) is 3.53. The van der Waals surface area contributed by atoms with E-state index in [1.54, 1.807) is 7.11 Å². The van der Waals surface area contributed by atoms with Gasteiger partial charge in [-0.3, -0.25) is 0 Å². The molecule has 1 aromatic carbocycles. The second-order valence-corrected chi connectivity index (χ2v) is 5.85.